The zero-order valence-corrected chi connectivity index (χ0v) is 14.0. The van der Waals surface area contributed by atoms with E-state index < -0.39 is 10.0 Å². The summed E-state index contributed by atoms with van der Waals surface area (Å²) in [4.78, 5) is 1.86. The van der Waals surface area contributed by atoms with Gasteiger partial charge in [-0.2, -0.15) is 0 Å². The molecule has 3 N–H and O–H groups in total. The van der Waals surface area contributed by atoms with E-state index >= 15 is 0 Å². The molecule has 4 nitrogen and oxygen atoms in total. The van der Waals surface area contributed by atoms with Crippen LogP contribution in [0.25, 0.3) is 0 Å². The van der Waals surface area contributed by atoms with Crippen LogP contribution in [-0.4, -0.2) is 13.4 Å². The molecule has 0 aliphatic rings. The monoisotopic (exact) mass is 346 g/mol. The Hall–Kier alpha value is -0.800. The second kappa shape index (κ2) is 6.31. The molecule has 0 saturated carbocycles. The third-order valence-corrected chi connectivity index (χ3v) is 7.05. The molecule has 2 rings (SSSR count). The van der Waals surface area contributed by atoms with Crippen molar-refractivity contribution in [2.45, 2.75) is 24.1 Å². The Labute approximate surface area is 131 Å². The molecule has 0 atom stereocenters. The number of thiophene rings is 2. The summed E-state index contributed by atoms with van der Waals surface area (Å²) in [7, 11) is -3.51. The second-order valence-corrected chi connectivity index (χ2v) is 8.55. The van der Waals surface area contributed by atoms with Crippen LogP contribution in [0.1, 0.15) is 22.2 Å². The molecule has 0 fully saturated rings. The first-order valence-corrected chi connectivity index (χ1v) is 9.47. The van der Waals surface area contributed by atoms with Gasteiger partial charge in [-0.1, -0.05) is 19.1 Å². The summed E-state index contributed by atoms with van der Waals surface area (Å²) in [5, 5.41) is 1.97. The molecule has 0 saturated heterocycles. The van der Waals surface area contributed by atoms with Crippen molar-refractivity contribution in [1.29, 1.82) is 0 Å². The Morgan fingerprint density at radius 1 is 1.40 bits per heavy atom. The maximum atomic E-state index is 12.2. The molecular weight excluding hydrogens is 332 g/mol. The molecule has 0 unspecified atom stereocenters. The van der Waals surface area contributed by atoms with Crippen molar-refractivity contribution in [2.75, 3.05) is 0 Å². The first-order chi connectivity index (χ1) is 9.44. The molecule has 0 amide bonds. The fourth-order valence-corrected chi connectivity index (χ4v) is 5.06. The van der Waals surface area contributed by atoms with Gasteiger partial charge in [0.15, 0.2) is 0 Å². The number of rotatable bonds is 6. The predicted octanol–water partition coefficient (Wildman–Crippen LogP) is 2.48. The smallest absolute Gasteiger partial charge is 0.250 e. The molecule has 0 bridgehead atoms. The summed E-state index contributed by atoms with van der Waals surface area (Å²) in [6, 6.07) is 5.17. The van der Waals surface area contributed by atoms with Crippen LogP contribution in [0.2, 0.25) is 0 Å². The van der Waals surface area contributed by atoms with Crippen LogP contribution in [0.15, 0.2) is 27.8 Å². The van der Waals surface area contributed by atoms with Crippen LogP contribution < -0.4 is 10.5 Å². The average Bonchev–Trinajstić information content (AvgIpc) is 3.05. The lowest BCUT2D eigenvalue weighted by Crippen LogP contribution is -2.22. The normalized spacial score (nSPS) is 11.7. The van der Waals surface area contributed by atoms with E-state index in [2.05, 4.69) is 4.72 Å². The van der Waals surface area contributed by atoms with E-state index in [9.17, 15) is 8.42 Å². The molecule has 2 heterocycles. The molecular formula is C12H14N2O2S4. The van der Waals surface area contributed by atoms with Gasteiger partial charge < -0.3 is 5.73 Å². The lowest BCUT2D eigenvalue weighted by molar-refractivity contribution is 0.584. The summed E-state index contributed by atoms with van der Waals surface area (Å²) in [5.41, 5.74) is 6.66. The number of thiocarbonyl (C=S) groups is 1. The Balaban J connectivity index is 2.13. The third-order valence-electron chi connectivity index (χ3n) is 2.73. The Kier molecular flexibility index (Phi) is 4.92. The maximum absolute atomic E-state index is 12.2. The van der Waals surface area contributed by atoms with Crippen LogP contribution in [0, 0.1) is 0 Å². The van der Waals surface area contributed by atoms with Crippen molar-refractivity contribution < 1.29 is 8.42 Å². The number of hydrogen-bond donors (Lipinski definition) is 2. The molecule has 0 aromatic carbocycles. The highest BCUT2D eigenvalue weighted by Gasteiger charge is 2.18. The lowest BCUT2D eigenvalue weighted by Gasteiger charge is -2.05. The molecule has 2 aromatic heterocycles. The number of nitrogens with two attached hydrogens (primary N) is 1. The van der Waals surface area contributed by atoms with Gasteiger partial charge in [-0.3, -0.25) is 0 Å². The standard InChI is InChI=1S/C12H14N2O2S4/c1-2-8-5-6-18-10(8)7-14-20(15,16)11-4-3-9(19-11)12(13)17/h3-6,14H,2,7H2,1H3,(H2,13,17). The summed E-state index contributed by atoms with van der Waals surface area (Å²) >= 11 is 7.47. The van der Waals surface area contributed by atoms with Crippen molar-refractivity contribution in [3.05, 3.63) is 38.9 Å². The first kappa shape index (κ1) is 15.6. The van der Waals surface area contributed by atoms with E-state index in [1.807, 2.05) is 18.4 Å². The van der Waals surface area contributed by atoms with Crippen molar-refractivity contribution in [3.63, 3.8) is 0 Å². The summed E-state index contributed by atoms with van der Waals surface area (Å²) in [6.45, 7) is 2.36. The topological polar surface area (TPSA) is 72.2 Å². The Bertz CT molecular complexity index is 715. The van der Waals surface area contributed by atoms with Gasteiger partial charge in [0.2, 0.25) is 10.0 Å². The van der Waals surface area contributed by atoms with E-state index in [-0.39, 0.29) is 9.20 Å². The van der Waals surface area contributed by atoms with Crippen LogP contribution in [0.4, 0.5) is 0 Å². The Morgan fingerprint density at radius 2 is 2.15 bits per heavy atom. The lowest BCUT2D eigenvalue weighted by atomic mass is 10.2. The SMILES string of the molecule is CCc1ccsc1CNS(=O)(=O)c1ccc(C(N)=S)s1. The maximum Gasteiger partial charge on any atom is 0.250 e. The number of aryl methyl sites for hydroxylation is 1. The molecule has 0 radical (unpaired) electrons. The largest absolute Gasteiger partial charge is 0.389 e. The van der Waals surface area contributed by atoms with Crippen molar-refractivity contribution in [1.82, 2.24) is 4.72 Å². The third kappa shape index (κ3) is 3.44. The minimum absolute atomic E-state index is 0.211. The van der Waals surface area contributed by atoms with E-state index in [4.69, 9.17) is 18.0 Å². The fraction of sp³-hybridized carbons (Fsp3) is 0.250. The van der Waals surface area contributed by atoms with Gasteiger partial charge >= 0.3 is 0 Å². The second-order valence-electron chi connectivity index (χ2n) is 4.03. The quantitative estimate of drug-likeness (QED) is 0.788. The van der Waals surface area contributed by atoms with Crippen molar-refractivity contribution in [3.8, 4) is 0 Å². The zero-order valence-electron chi connectivity index (χ0n) is 10.8. The average molecular weight is 347 g/mol. The van der Waals surface area contributed by atoms with Gasteiger partial charge in [0.05, 0.1) is 4.88 Å². The molecule has 8 heteroatoms. The van der Waals surface area contributed by atoms with Crippen LogP contribution in [0.3, 0.4) is 0 Å². The highest BCUT2D eigenvalue weighted by atomic mass is 32.2. The highest BCUT2D eigenvalue weighted by Crippen LogP contribution is 2.23. The number of sulfonamides is 1. The van der Waals surface area contributed by atoms with E-state index in [1.165, 1.54) is 11.6 Å². The number of hydrogen-bond acceptors (Lipinski definition) is 5. The molecule has 2 aromatic rings. The summed E-state index contributed by atoms with van der Waals surface area (Å²) in [5.74, 6) is 0. The minimum Gasteiger partial charge on any atom is -0.389 e. The molecule has 108 valence electrons. The van der Waals surface area contributed by atoms with Crippen LogP contribution >= 0.6 is 34.9 Å². The van der Waals surface area contributed by atoms with Gasteiger partial charge in [0.1, 0.15) is 9.20 Å². The summed E-state index contributed by atoms with van der Waals surface area (Å²) < 4.78 is 27.2. The van der Waals surface area contributed by atoms with E-state index in [0.717, 1.165) is 22.6 Å². The van der Waals surface area contributed by atoms with Gasteiger partial charge in [-0.25, -0.2) is 13.1 Å². The van der Waals surface area contributed by atoms with Crippen LogP contribution in [-0.2, 0) is 23.0 Å². The van der Waals surface area contributed by atoms with Gasteiger partial charge in [-0.15, -0.1) is 22.7 Å². The predicted molar refractivity (Wildman–Crippen MR) is 87.9 cm³/mol. The van der Waals surface area contributed by atoms with E-state index in [0.29, 0.717) is 11.4 Å². The first-order valence-electron chi connectivity index (χ1n) is 5.88. The molecule has 20 heavy (non-hydrogen) atoms. The minimum atomic E-state index is -3.51. The molecule has 0 aliphatic heterocycles. The summed E-state index contributed by atoms with van der Waals surface area (Å²) in [6.07, 6.45) is 0.894. The zero-order chi connectivity index (χ0) is 14.8. The van der Waals surface area contributed by atoms with E-state index in [1.54, 1.807) is 17.4 Å². The van der Waals surface area contributed by atoms with Crippen molar-refractivity contribution >= 4 is 49.9 Å². The van der Waals surface area contributed by atoms with Crippen LogP contribution in [0.5, 0.6) is 0 Å². The Morgan fingerprint density at radius 3 is 2.75 bits per heavy atom. The van der Waals surface area contributed by atoms with Gasteiger partial charge in [0.25, 0.3) is 0 Å². The fourth-order valence-electron chi connectivity index (χ4n) is 1.67. The molecule has 0 aliphatic carbocycles. The van der Waals surface area contributed by atoms with Crippen molar-refractivity contribution in [2.24, 2.45) is 5.73 Å². The van der Waals surface area contributed by atoms with Gasteiger partial charge in [-0.05, 0) is 35.6 Å². The highest BCUT2D eigenvalue weighted by molar-refractivity contribution is 7.91. The molecule has 0 spiro atoms. The number of nitrogens with one attached hydrogen (secondary N) is 1. The van der Waals surface area contributed by atoms with Gasteiger partial charge in [0, 0.05) is 11.4 Å².